The summed E-state index contributed by atoms with van der Waals surface area (Å²) in [5.41, 5.74) is 4.28. The maximum absolute atomic E-state index is 14.6. The predicted molar refractivity (Wildman–Crippen MR) is 154 cm³/mol. The maximum atomic E-state index is 14.6. The van der Waals surface area contributed by atoms with Crippen LogP contribution in [0.1, 0.15) is 68.2 Å². The molecule has 3 unspecified atom stereocenters. The van der Waals surface area contributed by atoms with Crippen LogP contribution in [0, 0.1) is 31.6 Å². The number of carbonyl (C=O) groups excluding carboxylic acids is 2. The first-order chi connectivity index (χ1) is 19.1. The number of rotatable bonds is 8. The van der Waals surface area contributed by atoms with Gasteiger partial charge < -0.3 is 24.4 Å². The lowest BCUT2D eigenvalue weighted by molar-refractivity contribution is -0.138. The number of carbonyl (C=O) groups is 2. The summed E-state index contributed by atoms with van der Waals surface area (Å²) in [7, 11) is 0. The van der Waals surface area contributed by atoms with Gasteiger partial charge in [0, 0.05) is 31.6 Å². The number of aliphatic hydroxyl groups is 1. The second-order valence-corrected chi connectivity index (χ2v) is 12.9. The summed E-state index contributed by atoms with van der Waals surface area (Å²) in [6, 6.07) is 14.6. The zero-order chi connectivity index (χ0) is 28.6. The van der Waals surface area contributed by atoms with Crippen molar-refractivity contribution in [3.63, 3.8) is 0 Å². The van der Waals surface area contributed by atoms with Gasteiger partial charge in [0.05, 0.1) is 6.61 Å². The molecule has 2 aliphatic carbocycles. The Hall–Kier alpha value is -3.06. The molecular formula is C33H44N2O5. The van der Waals surface area contributed by atoms with E-state index in [0.29, 0.717) is 25.4 Å². The van der Waals surface area contributed by atoms with Gasteiger partial charge in [0.1, 0.15) is 18.0 Å². The molecule has 0 spiro atoms. The number of benzene rings is 2. The molecule has 0 bridgehead atoms. The highest BCUT2D eigenvalue weighted by molar-refractivity contribution is 5.82. The van der Waals surface area contributed by atoms with Gasteiger partial charge >= 0.3 is 6.09 Å². The molecule has 1 saturated heterocycles. The number of likely N-dealkylation sites (tertiary alicyclic amines) is 1. The molecule has 1 heterocycles. The molecule has 7 heteroatoms. The molecule has 40 heavy (non-hydrogen) atoms. The fraction of sp³-hybridized carbons (Fsp3) is 0.576. The molecule has 0 aromatic heterocycles. The third kappa shape index (κ3) is 6.14. The quantitative estimate of drug-likeness (QED) is 0.475. The molecule has 2 amide bonds. The van der Waals surface area contributed by atoms with Crippen molar-refractivity contribution in [1.29, 1.82) is 0 Å². The highest BCUT2D eigenvalue weighted by Gasteiger charge is 2.54. The van der Waals surface area contributed by atoms with E-state index in [9.17, 15) is 9.59 Å². The van der Waals surface area contributed by atoms with E-state index in [1.54, 1.807) is 0 Å². The molecule has 2 aromatic carbocycles. The average Bonchev–Trinajstić information content (AvgIpc) is 3.56. The molecule has 2 aromatic rings. The first-order valence-corrected chi connectivity index (χ1v) is 14.7. The van der Waals surface area contributed by atoms with Crippen molar-refractivity contribution in [2.45, 2.75) is 78.0 Å². The standard InChI is InChI=1S/C33H44N2O5/c1-21-7-6-8-24(22(21)2)19-35(26-11-12-26)31(37)30-28(23-9-13-27(14-10-23)39-16-15-36)17-25-18-34(20-29(25)30)32(38)40-33(3,4)5/h6-10,13-14,25-26,28-30,36H,11-12,15-20H2,1-5H3/t25-,28?,29?,30?/m0/s1. The van der Waals surface area contributed by atoms with Crippen molar-refractivity contribution in [3.8, 4) is 5.75 Å². The van der Waals surface area contributed by atoms with Crippen LogP contribution in [0.25, 0.3) is 0 Å². The zero-order valence-corrected chi connectivity index (χ0v) is 24.6. The van der Waals surface area contributed by atoms with Gasteiger partial charge in [0.2, 0.25) is 5.91 Å². The van der Waals surface area contributed by atoms with Gasteiger partial charge in [-0.05, 0) is 106 Å². The van der Waals surface area contributed by atoms with E-state index in [1.165, 1.54) is 16.7 Å². The van der Waals surface area contributed by atoms with Crippen LogP contribution in [-0.4, -0.2) is 64.9 Å². The summed E-state index contributed by atoms with van der Waals surface area (Å²) in [6.45, 7) is 11.9. The number of nitrogens with zero attached hydrogens (tertiary/aromatic N) is 2. The van der Waals surface area contributed by atoms with Crippen LogP contribution >= 0.6 is 0 Å². The summed E-state index contributed by atoms with van der Waals surface area (Å²) < 4.78 is 11.3. The Morgan fingerprint density at radius 3 is 2.42 bits per heavy atom. The molecule has 3 aliphatic rings. The summed E-state index contributed by atoms with van der Waals surface area (Å²) in [5.74, 6) is 1.15. The first kappa shape index (κ1) is 28.5. The van der Waals surface area contributed by atoms with Crippen molar-refractivity contribution in [1.82, 2.24) is 9.80 Å². The molecule has 1 aliphatic heterocycles. The summed E-state index contributed by atoms with van der Waals surface area (Å²) in [5, 5.41) is 9.10. The minimum atomic E-state index is -0.555. The van der Waals surface area contributed by atoms with Gasteiger partial charge in [0.15, 0.2) is 0 Å². The normalized spacial score (nSPS) is 24.1. The van der Waals surface area contributed by atoms with Crippen molar-refractivity contribution >= 4 is 12.0 Å². The number of aryl methyl sites for hydroxylation is 1. The third-order valence-electron chi connectivity index (χ3n) is 8.88. The SMILES string of the molecule is Cc1cccc(CN(C(=O)C2C(c3ccc(OCCO)cc3)C[C@H]3CN(C(=O)OC(C)(C)C)CC23)C2CC2)c1C. The van der Waals surface area contributed by atoms with E-state index in [1.807, 2.05) is 37.8 Å². The van der Waals surface area contributed by atoms with Crippen LogP contribution < -0.4 is 4.74 Å². The highest BCUT2D eigenvalue weighted by atomic mass is 16.6. The first-order valence-electron chi connectivity index (χ1n) is 14.7. The minimum absolute atomic E-state index is 0.0319. The Bertz CT molecular complexity index is 1220. The van der Waals surface area contributed by atoms with E-state index in [0.717, 1.165) is 24.8 Å². The van der Waals surface area contributed by atoms with Gasteiger partial charge in [-0.25, -0.2) is 4.79 Å². The van der Waals surface area contributed by atoms with Crippen molar-refractivity contribution < 1.29 is 24.2 Å². The molecule has 4 atom stereocenters. The Balaban J connectivity index is 1.43. The third-order valence-corrected chi connectivity index (χ3v) is 8.88. The largest absolute Gasteiger partial charge is 0.491 e. The molecule has 216 valence electrons. The lowest BCUT2D eigenvalue weighted by Gasteiger charge is -2.32. The molecule has 1 N–H and O–H groups in total. The molecular weight excluding hydrogens is 504 g/mol. The van der Waals surface area contributed by atoms with E-state index >= 15 is 0 Å². The lowest BCUT2D eigenvalue weighted by Crippen LogP contribution is -2.42. The Morgan fingerprint density at radius 2 is 1.77 bits per heavy atom. The van der Waals surface area contributed by atoms with E-state index in [2.05, 4.69) is 49.1 Å². The fourth-order valence-electron chi connectivity index (χ4n) is 6.60. The van der Waals surface area contributed by atoms with Gasteiger partial charge in [0.25, 0.3) is 0 Å². The summed E-state index contributed by atoms with van der Waals surface area (Å²) >= 11 is 0. The van der Waals surface area contributed by atoms with E-state index < -0.39 is 5.60 Å². The zero-order valence-electron chi connectivity index (χ0n) is 24.6. The van der Waals surface area contributed by atoms with Crippen molar-refractivity contribution in [2.24, 2.45) is 17.8 Å². The second kappa shape index (κ2) is 11.4. The summed E-state index contributed by atoms with van der Waals surface area (Å²) in [4.78, 5) is 31.5. The Labute approximate surface area is 238 Å². The molecule has 7 nitrogen and oxygen atoms in total. The fourth-order valence-corrected chi connectivity index (χ4v) is 6.60. The minimum Gasteiger partial charge on any atom is -0.491 e. The predicted octanol–water partition coefficient (Wildman–Crippen LogP) is 5.45. The monoisotopic (exact) mass is 548 g/mol. The van der Waals surface area contributed by atoms with Crippen LogP contribution in [0.4, 0.5) is 4.79 Å². The lowest BCUT2D eigenvalue weighted by atomic mass is 9.83. The molecule has 2 saturated carbocycles. The number of ether oxygens (including phenoxy) is 2. The number of fused-ring (bicyclic) bond motifs is 1. The number of hydrogen-bond acceptors (Lipinski definition) is 5. The van der Waals surface area contributed by atoms with Gasteiger partial charge in [-0.1, -0.05) is 30.3 Å². The van der Waals surface area contributed by atoms with Crippen LogP contribution in [0.15, 0.2) is 42.5 Å². The van der Waals surface area contributed by atoms with Crippen LogP contribution in [0.3, 0.4) is 0 Å². The van der Waals surface area contributed by atoms with Crippen LogP contribution in [0.5, 0.6) is 5.75 Å². The molecule has 0 radical (unpaired) electrons. The van der Waals surface area contributed by atoms with E-state index in [-0.39, 0.29) is 54.9 Å². The topological polar surface area (TPSA) is 79.3 Å². The Kier molecular flexibility index (Phi) is 8.14. The van der Waals surface area contributed by atoms with E-state index in [4.69, 9.17) is 14.6 Å². The second-order valence-electron chi connectivity index (χ2n) is 12.9. The van der Waals surface area contributed by atoms with Crippen molar-refractivity contribution in [3.05, 3.63) is 64.7 Å². The number of aliphatic hydroxyl groups excluding tert-OH is 1. The van der Waals surface area contributed by atoms with Gasteiger partial charge in [-0.2, -0.15) is 0 Å². The highest BCUT2D eigenvalue weighted by Crippen LogP contribution is 2.52. The number of amides is 2. The maximum Gasteiger partial charge on any atom is 0.410 e. The number of hydrogen-bond donors (Lipinski definition) is 1. The Morgan fingerprint density at radius 1 is 1.05 bits per heavy atom. The molecule has 5 rings (SSSR count). The average molecular weight is 549 g/mol. The smallest absolute Gasteiger partial charge is 0.410 e. The van der Waals surface area contributed by atoms with Gasteiger partial charge in [-0.15, -0.1) is 0 Å². The van der Waals surface area contributed by atoms with Gasteiger partial charge in [-0.3, -0.25) is 4.79 Å². The summed E-state index contributed by atoms with van der Waals surface area (Å²) in [6.07, 6.45) is 2.66. The molecule has 3 fully saturated rings. The van der Waals surface area contributed by atoms with Crippen molar-refractivity contribution in [2.75, 3.05) is 26.3 Å². The van der Waals surface area contributed by atoms with Crippen LogP contribution in [0.2, 0.25) is 0 Å². The van der Waals surface area contributed by atoms with Crippen LogP contribution in [-0.2, 0) is 16.1 Å².